The van der Waals surface area contributed by atoms with Crippen LogP contribution in [-0.2, 0) is 0 Å². The van der Waals surface area contributed by atoms with Crippen LogP contribution in [0.4, 0.5) is 5.69 Å². The van der Waals surface area contributed by atoms with E-state index in [1.165, 1.54) is 0 Å². The van der Waals surface area contributed by atoms with Crippen LogP contribution in [0.3, 0.4) is 0 Å². The minimum Gasteiger partial charge on any atom is -0.379 e. The molecule has 0 aliphatic rings. The van der Waals surface area contributed by atoms with Gasteiger partial charge in [0.2, 0.25) is 0 Å². The summed E-state index contributed by atoms with van der Waals surface area (Å²) in [5.74, 6) is 0. The number of aromatic amines is 1. The van der Waals surface area contributed by atoms with Crippen molar-refractivity contribution in [2.24, 2.45) is 4.99 Å². The van der Waals surface area contributed by atoms with Crippen molar-refractivity contribution >= 4 is 29.1 Å². The van der Waals surface area contributed by atoms with E-state index in [0.717, 1.165) is 33.7 Å². The first-order chi connectivity index (χ1) is 8.19. The second-order valence-corrected chi connectivity index (χ2v) is 3.74. The molecule has 5 nitrogen and oxygen atoms in total. The number of hydrogen-bond donors (Lipinski definition) is 2. The van der Waals surface area contributed by atoms with Gasteiger partial charge in [0.05, 0.1) is 23.1 Å². The van der Waals surface area contributed by atoms with Crippen molar-refractivity contribution in [3.8, 4) is 0 Å². The van der Waals surface area contributed by atoms with Gasteiger partial charge in [-0.2, -0.15) is 5.10 Å². The number of fused-ring (bicyclic) bond motifs is 1. The third-order valence-corrected chi connectivity index (χ3v) is 2.62. The van der Waals surface area contributed by atoms with Gasteiger partial charge in [0.1, 0.15) is 0 Å². The fourth-order valence-electron chi connectivity index (χ4n) is 1.83. The highest BCUT2D eigenvalue weighted by Gasteiger charge is 2.13. The van der Waals surface area contributed by atoms with E-state index in [9.17, 15) is 0 Å². The molecule has 0 aliphatic heterocycles. The van der Waals surface area contributed by atoms with Crippen LogP contribution in [0, 0.1) is 13.8 Å². The molecule has 2 aromatic rings. The van der Waals surface area contributed by atoms with Crippen molar-refractivity contribution in [3.63, 3.8) is 0 Å². The molecule has 0 aromatic carbocycles. The van der Waals surface area contributed by atoms with E-state index in [2.05, 4.69) is 32.1 Å². The Morgan fingerprint density at radius 1 is 1.35 bits per heavy atom. The Labute approximate surface area is 99.7 Å². The average molecular weight is 229 g/mol. The van der Waals surface area contributed by atoms with Crippen molar-refractivity contribution in [2.45, 2.75) is 13.8 Å². The summed E-state index contributed by atoms with van der Waals surface area (Å²) in [5, 5.41) is 10.9. The molecule has 0 spiro atoms. The molecule has 88 valence electrons. The third-order valence-electron chi connectivity index (χ3n) is 2.62. The fraction of sp³-hybridized carbons (Fsp3) is 0.250. The second-order valence-electron chi connectivity index (χ2n) is 3.74. The van der Waals surface area contributed by atoms with E-state index in [4.69, 9.17) is 0 Å². The number of nitrogens with one attached hydrogen (secondary N) is 2. The molecule has 0 aliphatic carbocycles. The number of hydrogen-bond acceptors (Lipinski definition) is 3. The lowest BCUT2D eigenvalue weighted by molar-refractivity contribution is 1.05. The first kappa shape index (κ1) is 11.3. The molecule has 0 amide bonds. The molecule has 0 atom stereocenters. The molecule has 0 radical (unpaired) electrons. The number of rotatable bonds is 3. The summed E-state index contributed by atoms with van der Waals surface area (Å²) in [5.41, 5.74) is 4.32. The van der Waals surface area contributed by atoms with Gasteiger partial charge in [0.25, 0.3) is 0 Å². The highest BCUT2D eigenvalue weighted by molar-refractivity contribution is 5.95. The van der Waals surface area contributed by atoms with Gasteiger partial charge >= 0.3 is 0 Å². The monoisotopic (exact) mass is 229 g/mol. The average Bonchev–Trinajstić information content (AvgIpc) is 2.67. The summed E-state index contributed by atoms with van der Waals surface area (Å²) in [6.07, 6.45) is 3.42. The van der Waals surface area contributed by atoms with Gasteiger partial charge in [-0.25, -0.2) is 9.98 Å². The maximum Gasteiger partial charge on any atom is 0.157 e. The van der Waals surface area contributed by atoms with Gasteiger partial charge < -0.3 is 5.32 Å². The predicted molar refractivity (Wildman–Crippen MR) is 70.7 cm³/mol. The van der Waals surface area contributed by atoms with Crippen LogP contribution in [0.1, 0.15) is 17.0 Å². The molecule has 0 bridgehead atoms. The van der Waals surface area contributed by atoms with Crippen molar-refractivity contribution in [1.82, 2.24) is 20.5 Å². The summed E-state index contributed by atoms with van der Waals surface area (Å²) < 4.78 is 0. The summed E-state index contributed by atoms with van der Waals surface area (Å²) in [6, 6.07) is 0. The van der Waals surface area contributed by atoms with Crippen molar-refractivity contribution in [1.29, 1.82) is 0 Å². The van der Waals surface area contributed by atoms with Crippen LogP contribution in [0.5, 0.6) is 0 Å². The van der Waals surface area contributed by atoms with E-state index < -0.39 is 0 Å². The predicted octanol–water partition coefficient (Wildman–Crippen LogP) is 2.10. The van der Waals surface area contributed by atoms with Gasteiger partial charge in [0, 0.05) is 18.3 Å². The first-order valence-electron chi connectivity index (χ1n) is 5.36. The van der Waals surface area contributed by atoms with Crippen LogP contribution in [-0.4, -0.2) is 28.6 Å². The number of pyridine rings is 1. The largest absolute Gasteiger partial charge is 0.379 e. The number of nitrogens with zero attached hydrogens (tertiary/aromatic N) is 3. The molecule has 0 saturated heterocycles. The second kappa shape index (κ2) is 4.37. The van der Waals surface area contributed by atoms with E-state index >= 15 is 0 Å². The molecule has 2 N–H and O–H groups in total. The van der Waals surface area contributed by atoms with Crippen molar-refractivity contribution in [3.05, 3.63) is 23.5 Å². The zero-order valence-electron chi connectivity index (χ0n) is 10.2. The molecular formula is C12H15N5. The molecule has 17 heavy (non-hydrogen) atoms. The number of H-pyrrole nitrogens is 1. The Bertz CT molecular complexity index is 594. The van der Waals surface area contributed by atoms with E-state index in [-0.39, 0.29) is 0 Å². The van der Waals surface area contributed by atoms with Crippen molar-refractivity contribution in [2.75, 3.05) is 7.05 Å². The van der Waals surface area contributed by atoms with Gasteiger partial charge in [-0.05, 0) is 13.8 Å². The molecule has 0 saturated carbocycles. The molecule has 2 aromatic heterocycles. The molecule has 2 rings (SSSR count). The van der Waals surface area contributed by atoms with Crippen LogP contribution >= 0.6 is 0 Å². The fourth-order valence-corrected chi connectivity index (χ4v) is 1.83. The summed E-state index contributed by atoms with van der Waals surface area (Å²) >= 11 is 0. The Balaban J connectivity index is 2.84. The molecule has 5 heteroatoms. The highest BCUT2D eigenvalue weighted by Crippen LogP contribution is 2.32. The zero-order chi connectivity index (χ0) is 12.4. The Hall–Kier alpha value is -2.17. The summed E-state index contributed by atoms with van der Waals surface area (Å²) in [6.45, 7) is 7.68. The molecule has 0 unspecified atom stereocenters. The quantitative estimate of drug-likeness (QED) is 0.625. The standard InChI is InChI=1S/C12H15N5/c1-5-9-7(2)15-12-10(8(3)16-17-12)11(9)14-6-13-4/h5-6H,1H2,2-4H3,(H2,13,14,15,16,17). The minimum atomic E-state index is 0.758. The molecular weight excluding hydrogens is 214 g/mol. The molecule has 2 heterocycles. The van der Waals surface area contributed by atoms with Crippen LogP contribution in [0.2, 0.25) is 0 Å². The van der Waals surface area contributed by atoms with Gasteiger partial charge in [-0.15, -0.1) is 0 Å². The summed E-state index contributed by atoms with van der Waals surface area (Å²) in [4.78, 5) is 8.86. The van der Waals surface area contributed by atoms with E-state index in [0.29, 0.717) is 0 Å². The highest BCUT2D eigenvalue weighted by atomic mass is 15.2. The Morgan fingerprint density at radius 3 is 2.76 bits per heavy atom. The normalized spacial score (nSPS) is 11.2. The Morgan fingerprint density at radius 2 is 2.12 bits per heavy atom. The van der Waals surface area contributed by atoms with E-state index in [1.807, 2.05) is 20.9 Å². The van der Waals surface area contributed by atoms with Gasteiger partial charge in [0.15, 0.2) is 5.65 Å². The maximum atomic E-state index is 4.45. The van der Waals surface area contributed by atoms with Gasteiger partial charge in [-0.1, -0.05) is 12.7 Å². The zero-order valence-corrected chi connectivity index (χ0v) is 10.2. The van der Waals surface area contributed by atoms with Crippen molar-refractivity contribution < 1.29 is 0 Å². The lowest BCUT2D eigenvalue weighted by Gasteiger charge is -2.06. The first-order valence-corrected chi connectivity index (χ1v) is 5.36. The third kappa shape index (κ3) is 1.80. The summed E-state index contributed by atoms with van der Waals surface area (Å²) in [7, 11) is 1.81. The van der Waals surface area contributed by atoms with E-state index in [1.54, 1.807) is 12.4 Å². The SMILES string of the molecule is C=Cc1c(C)nc2[nH]nc(C)c2c1/N=C\NC. The lowest BCUT2D eigenvalue weighted by Crippen LogP contribution is -2.00. The number of aromatic nitrogens is 3. The Kier molecular flexibility index (Phi) is 2.91. The van der Waals surface area contributed by atoms with Crippen LogP contribution in [0.15, 0.2) is 11.6 Å². The molecule has 0 fully saturated rings. The number of aliphatic imine (C=N–C) groups is 1. The smallest absolute Gasteiger partial charge is 0.157 e. The van der Waals surface area contributed by atoms with Crippen LogP contribution < -0.4 is 5.32 Å². The minimum absolute atomic E-state index is 0.758. The lowest BCUT2D eigenvalue weighted by atomic mass is 10.1. The number of aryl methyl sites for hydroxylation is 2. The maximum absolute atomic E-state index is 4.45. The van der Waals surface area contributed by atoms with Gasteiger partial charge in [-0.3, -0.25) is 5.10 Å². The topological polar surface area (TPSA) is 66.0 Å². The van der Waals surface area contributed by atoms with Crippen LogP contribution in [0.25, 0.3) is 17.1 Å².